The molecule has 2 heterocycles. The fourth-order valence-electron chi connectivity index (χ4n) is 2.30. The molecule has 1 aromatic rings. The van der Waals surface area contributed by atoms with Crippen LogP contribution in [0.3, 0.4) is 0 Å². The van der Waals surface area contributed by atoms with Gasteiger partial charge in [0.1, 0.15) is 0 Å². The van der Waals surface area contributed by atoms with E-state index in [1.165, 1.54) is 10.4 Å². The molecule has 0 aromatic carbocycles. The zero-order valence-electron chi connectivity index (χ0n) is 10.3. The van der Waals surface area contributed by atoms with E-state index in [4.69, 9.17) is 5.73 Å². The number of fused-ring (bicyclic) bond motifs is 1. The number of nitrogens with zero attached hydrogens (tertiary/aromatic N) is 1. The summed E-state index contributed by atoms with van der Waals surface area (Å²) in [6.45, 7) is 4.36. The maximum Gasteiger partial charge on any atom is 0.225 e. The Balaban J connectivity index is 1.93. The molecule has 94 valence electrons. The van der Waals surface area contributed by atoms with Crippen molar-refractivity contribution >= 4 is 17.2 Å². The molecule has 0 saturated heterocycles. The third kappa shape index (κ3) is 2.87. The molecule has 1 amide bonds. The molecular formula is C13H20N2OS. The van der Waals surface area contributed by atoms with Crippen LogP contribution in [-0.2, 0) is 17.8 Å². The minimum atomic E-state index is 0.110. The third-order valence-electron chi connectivity index (χ3n) is 3.38. The van der Waals surface area contributed by atoms with E-state index in [1.54, 1.807) is 11.3 Å². The lowest BCUT2D eigenvalue weighted by atomic mass is 10.0. The SMILES string of the molecule is CC(CCCN)C(=O)N1CCc2sccc2C1. The van der Waals surface area contributed by atoms with E-state index >= 15 is 0 Å². The van der Waals surface area contributed by atoms with Gasteiger partial charge in [-0.05, 0) is 42.8 Å². The summed E-state index contributed by atoms with van der Waals surface area (Å²) < 4.78 is 0. The fraction of sp³-hybridized carbons (Fsp3) is 0.615. The number of thiophene rings is 1. The number of nitrogens with two attached hydrogens (primary N) is 1. The van der Waals surface area contributed by atoms with Crippen LogP contribution in [-0.4, -0.2) is 23.9 Å². The van der Waals surface area contributed by atoms with Crippen LogP contribution < -0.4 is 5.73 Å². The third-order valence-corrected chi connectivity index (χ3v) is 4.41. The number of carbonyl (C=O) groups is 1. The summed E-state index contributed by atoms with van der Waals surface area (Å²) in [5.74, 6) is 0.397. The second-order valence-corrected chi connectivity index (χ2v) is 5.71. The second kappa shape index (κ2) is 5.65. The fourth-order valence-corrected chi connectivity index (χ4v) is 3.19. The number of hydrogen-bond donors (Lipinski definition) is 1. The number of amides is 1. The van der Waals surface area contributed by atoms with Gasteiger partial charge in [-0.15, -0.1) is 11.3 Å². The average molecular weight is 252 g/mol. The highest BCUT2D eigenvalue weighted by atomic mass is 32.1. The van der Waals surface area contributed by atoms with Gasteiger partial charge in [0, 0.05) is 23.9 Å². The molecule has 1 aliphatic heterocycles. The maximum atomic E-state index is 12.2. The monoisotopic (exact) mass is 252 g/mol. The molecule has 4 heteroatoms. The number of rotatable bonds is 4. The molecule has 1 atom stereocenters. The van der Waals surface area contributed by atoms with Gasteiger partial charge >= 0.3 is 0 Å². The van der Waals surface area contributed by atoms with Gasteiger partial charge in [0.2, 0.25) is 5.91 Å². The van der Waals surface area contributed by atoms with Crippen LogP contribution in [0.2, 0.25) is 0 Å². The van der Waals surface area contributed by atoms with Gasteiger partial charge in [0.15, 0.2) is 0 Å². The summed E-state index contributed by atoms with van der Waals surface area (Å²) in [6, 6.07) is 2.14. The zero-order chi connectivity index (χ0) is 12.3. The van der Waals surface area contributed by atoms with Gasteiger partial charge < -0.3 is 10.6 Å². The molecule has 0 spiro atoms. The lowest BCUT2D eigenvalue weighted by Crippen LogP contribution is -2.38. The van der Waals surface area contributed by atoms with Crippen LogP contribution in [0.25, 0.3) is 0 Å². The van der Waals surface area contributed by atoms with Gasteiger partial charge in [-0.2, -0.15) is 0 Å². The largest absolute Gasteiger partial charge is 0.338 e. The second-order valence-electron chi connectivity index (χ2n) is 4.71. The van der Waals surface area contributed by atoms with Crippen LogP contribution in [0, 0.1) is 5.92 Å². The van der Waals surface area contributed by atoms with E-state index in [0.717, 1.165) is 32.4 Å². The highest BCUT2D eigenvalue weighted by Crippen LogP contribution is 2.25. The molecule has 2 N–H and O–H groups in total. The Hall–Kier alpha value is -0.870. The Bertz CT molecular complexity index is 389. The molecule has 1 aromatic heterocycles. The Morgan fingerprint density at radius 1 is 1.65 bits per heavy atom. The van der Waals surface area contributed by atoms with Crippen LogP contribution in [0.1, 0.15) is 30.2 Å². The molecule has 0 bridgehead atoms. The van der Waals surface area contributed by atoms with Gasteiger partial charge in [0.25, 0.3) is 0 Å². The minimum Gasteiger partial charge on any atom is -0.338 e. The van der Waals surface area contributed by atoms with E-state index in [-0.39, 0.29) is 11.8 Å². The van der Waals surface area contributed by atoms with Crippen molar-refractivity contribution in [2.24, 2.45) is 11.7 Å². The van der Waals surface area contributed by atoms with Crippen molar-refractivity contribution in [3.05, 3.63) is 21.9 Å². The van der Waals surface area contributed by atoms with Crippen molar-refractivity contribution in [1.82, 2.24) is 4.90 Å². The molecular weight excluding hydrogens is 232 g/mol. The van der Waals surface area contributed by atoms with Crippen molar-refractivity contribution in [2.45, 2.75) is 32.7 Å². The molecule has 17 heavy (non-hydrogen) atoms. The van der Waals surface area contributed by atoms with Crippen molar-refractivity contribution in [3.8, 4) is 0 Å². The standard InChI is InChI=1S/C13H20N2OS/c1-10(3-2-6-14)13(16)15-7-4-12-11(9-15)5-8-17-12/h5,8,10H,2-4,6-7,9,14H2,1H3. The lowest BCUT2D eigenvalue weighted by molar-refractivity contribution is -0.136. The summed E-state index contributed by atoms with van der Waals surface area (Å²) in [4.78, 5) is 15.7. The summed E-state index contributed by atoms with van der Waals surface area (Å²) in [7, 11) is 0. The first-order valence-electron chi connectivity index (χ1n) is 6.26. The van der Waals surface area contributed by atoms with Gasteiger partial charge in [0.05, 0.1) is 0 Å². The Labute approximate surface area is 107 Å². The molecule has 0 radical (unpaired) electrons. The average Bonchev–Trinajstić information content (AvgIpc) is 2.81. The topological polar surface area (TPSA) is 46.3 Å². The summed E-state index contributed by atoms with van der Waals surface area (Å²) >= 11 is 1.81. The molecule has 1 aliphatic rings. The number of carbonyl (C=O) groups excluding carboxylic acids is 1. The Morgan fingerprint density at radius 3 is 3.24 bits per heavy atom. The van der Waals surface area contributed by atoms with Gasteiger partial charge in [-0.3, -0.25) is 4.79 Å². The van der Waals surface area contributed by atoms with E-state index in [9.17, 15) is 4.79 Å². The van der Waals surface area contributed by atoms with Gasteiger partial charge in [-0.1, -0.05) is 6.92 Å². The number of hydrogen-bond acceptors (Lipinski definition) is 3. The smallest absolute Gasteiger partial charge is 0.225 e. The first-order chi connectivity index (χ1) is 8.22. The molecule has 0 aliphatic carbocycles. The highest BCUT2D eigenvalue weighted by molar-refractivity contribution is 7.10. The van der Waals surface area contributed by atoms with E-state index in [1.807, 2.05) is 11.8 Å². The van der Waals surface area contributed by atoms with Crippen molar-refractivity contribution < 1.29 is 4.79 Å². The lowest BCUT2D eigenvalue weighted by Gasteiger charge is -2.29. The van der Waals surface area contributed by atoms with Crippen molar-refractivity contribution in [2.75, 3.05) is 13.1 Å². The molecule has 0 fully saturated rings. The van der Waals surface area contributed by atoms with Crippen LogP contribution in [0.5, 0.6) is 0 Å². The van der Waals surface area contributed by atoms with Crippen molar-refractivity contribution in [1.29, 1.82) is 0 Å². The van der Waals surface area contributed by atoms with E-state index in [2.05, 4.69) is 11.4 Å². The summed E-state index contributed by atoms with van der Waals surface area (Å²) in [6.07, 6.45) is 2.86. The van der Waals surface area contributed by atoms with E-state index < -0.39 is 0 Å². The quantitative estimate of drug-likeness (QED) is 0.891. The predicted octanol–water partition coefficient (Wildman–Crippen LogP) is 2.01. The zero-order valence-corrected chi connectivity index (χ0v) is 11.1. The van der Waals surface area contributed by atoms with E-state index in [0.29, 0.717) is 6.54 Å². The minimum absolute atomic E-state index is 0.110. The summed E-state index contributed by atoms with van der Waals surface area (Å²) in [5.41, 5.74) is 6.82. The normalized spacial score (nSPS) is 16.7. The Morgan fingerprint density at radius 2 is 2.47 bits per heavy atom. The molecule has 0 saturated carbocycles. The highest BCUT2D eigenvalue weighted by Gasteiger charge is 2.24. The van der Waals surface area contributed by atoms with Gasteiger partial charge in [-0.25, -0.2) is 0 Å². The van der Waals surface area contributed by atoms with Crippen LogP contribution >= 0.6 is 11.3 Å². The molecule has 3 nitrogen and oxygen atoms in total. The molecule has 2 rings (SSSR count). The predicted molar refractivity (Wildman–Crippen MR) is 70.9 cm³/mol. The first-order valence-corrected chi connectivity index (χ1v) is 7.14. The van der Waals surface area contributed by atoms with Crippen molar-refractivity contribution in [3.63, 3.8) is 0 Å². The van der Waals surface area contributed by atoms with Crippen LogP contribution in [0.4, 0.5) is 0 Å². The first kappa shape index (κ1) is 12.6. The maximum absolute atomic E-state index is 12.2. The molecule has 1 unspecified atom stereocenters. The van der Waals surface area contributed by atoms with Crippen LogP contribution in [0.15, 0.2) is 11.4 Å². The summed E-state index contributed by atoms with van der Waals surface area (Å²) in [5, 5.41) is 2.12. The Kier molecular flexibility index (Phi) is 4.18.